The van der Waals surface area contributed by atoms with Gasteiger partial charge in [-0.25, -0.2) is 0 Å². The number of hydrogen-bond donors (Lipinski definition) is 0. The molecule has 0 aromatic heterocycles. The van der Waals surface area contributed by atoms with Gasteiger partial charge in [0.05, 0.1) is 26.2 Å². The lowest BCUT2D eigenvalue weighted by Gasteiger charge is -2.31. The summed E-state index contributed by atoms with van der Waals surface area (Å²) in [7, 11) is 1.36. The van der Waals surface area contributed by atoms with Crippen LogP contribution in [0.1, 0.15) is 12.0 Å². The molecule has 3 rings (SSSR count). The summed E-state index contributed by atoms with van der Waals surface area (Å²) < 4.78 is 10.2. The van der Waals surface area contributed by atoms with Crippen LogP contribution in [0.3, 0.4) is 0 Å². The zero-order valence-electron chi connectivity index (χ0n) is 13.4. The molecule has 0 N–H and O–H groups in total. The first-order valence-electron chi connectivity index (χ1n) is 7.95. The van der Waals surface area contributed by atoms with Gasteiger partial charge in [0.1, 0.15) is 0 Å². The van der Waals surface area contributed by atoms with Crippen LogP contribution in [0.5, 0.6) is 0 Å². The Bertz CT molecular complexity index is 584. The molecule has 1 atom stereocenters. The molecule has 6 nitrogen and oxygen atoms in total. The molecular weight excluding hydrogens is 296 g/mol. The normalized spacial score (nSPS) is 21.6. The van der Waals surface area contributed by atoms with E-state index in [4.69, 9.17) is 9.47 Å². The van der Waals surface area contributed by atoms with Gasteiger partial charge in [0.25, 0.3) is 0 Å². The molecule has 2 fully saturated rings. The molecule has 2 aliphatic rings. The lowest BCUT2D eigenvalue weighted by molar-refractivity contribution is -0.145. The average Bonchev–Trinajstić information content (AvgIpc) is 2.96. The van der Waals surface area contributed by atoms with Crippen LogP contribution >= 0.6 is 0 Å². The van der Waals surface area contributed by atoms with Gasteiger partial charge in [0.2, 0.25) is 5.91 Å². The fourth-order valence-corrected chi connectivity index (χ4v) is 3.21. The topological polar surface area (TPSA) is 59.1 Å². The van der Waals surface area contributed by atoms with E-state index in [-0.39, 0.29) is 24.2 Å². The minimum Gasteiger partial charge on any atom is -0.469 e. The molecule has 0 radical (unpaired) electrons. The van der Waals surface area contributed by atoms with Crippen molar-refractivity contribution in [1.82, 2.24) is 4.90 Å². The third kappa shape index (κ3) is 3.47. The third-order valence-electron chi connectivity index (χ3n) is 4.45. The van der Waals surface area contributed by atoms with Crippen molar-refractivity contribution < 1.29 is 19.1 Å². The molecule has 6 heteroatoms. The van der Waals surface area contributed by atoms with Crippen LogP contribution in [-0.4, -0.2) is 56.7 Å². The fraction of sp³-hybridized carbons (Fsp3) is 0.529. The molecular formula is C17H22N2O4. The van der Waals surface area contributed by atoms with E-state index in [1.165, 1.54) is 7.11 Å². The van der Waals surface area contributed by atoms with Crippen LogP contribution in [0, 0.1) is 5.92 Å². The molecule has 0 aliphatic carbocycles. The molecule has 124 valence electrons. The predicted molar refractivity (Wildman–Crippen MR) is 85.0 cm³/mol. The first-order chi connectivity index (χ1) is 11.2. The zero-order chi connectivity index (χ0) is 16.2. The number of nitrogens with zero attached hydrogens (tertiary/aromatic N) is 2. The van der Waals surface area contributed by atoms with E-state index in [1.807, 2.05) is 18.2 Å². The number of rotatable bonds is 4. The van der Waals surface area contributed by atoms with Crippen molar-refractivity contribution in [3.63, 3.8) is 0 Å². The predicted octanol–water partition coefficient (Wildman–Crippen LogP) is 1.04. The second-order valence-corrected chi connectivity index (χ2v) is 5.93. The highest BCUT2D eigenvalue weighted by Gasteiger charge is 2.35. The molecule has 2 saturated heterocycles. The number of amides is 1. The van der Waals surface area contributed by atoms with Gasteiger partial charge in [-0.2, -0.15) is 0 Å². The maximum Gasteiger partial charge on any atom is 0.310 e. The molecule has 1 aromatic carbocycles. The van der Waals surface area contributed by atoms with E-state index in [2.05, 4.69) is 11.0 Å². The second kappa shape index (κ2) is 7.00. The summed E-state index contributed by atoms with van der Waals surface area (Å²) in [5, 5.41) is 0. The molecule has 0 spiro atoms. The van der Waals surface area contributed by atoms with Crippen molar-refractivity contribution in [1.29, 1.82) is 0 Å². The van der Waals surface area contributed by atoms with E-state index in [9.17, 15) is 9.59 Å². The summed E-state index contributed by atoms with van der Waals surface area (Å²) in [6, 6.07) is 8.12. The van der Waals surface area contributed by atoms with Gasteiger partial charge in [-0.1, -0.05) is 18.2 Å². The van der Waals surface area contributed by atoms with Gasteiger partial charge in [0.15, 0.2) is 0 Å². The summed E-state index contributed by atoms with van der Waals surface area (Å²) in [6.45, 7) is 4.12. The van der Waals surface area contributed by atoms with Crippen LogP contribution in [0.15, 0.2) is 24.3 Å². The molecule has 0 bridgehead atoms. The number of morpholine rings is 1. The number of hydrogen-bond acceptors (Lipinski definition) is 5. The van der Waals surface area contributed by atoms with Crippen molar-refractivity contribution >= 4 is 17.6 Å². The quantitative estimate of drug-likeness (QED) is 0.777. The summed E-state index contributed by atoms with van der Waals surface area (Å²) in [4.78, 5) is 27.9. The van der Waals surface area contributed by atoms with Crippen LogP contribution in [0.4, 0.5) is 5.69 Å². The lowest BCUT2D eigenvalue weighted by Crippen LogP contribution is -2.37. The number of carbonyl (C=O) groups excluding carboxylic acids is 2. The number of benzene rings is 1. The number of ether oxygens (including phenoxy) is 2. The van der Waals surface area contributed by atoms with Gasteiger partial charge < -0.3 is 19.3 Å². The number of carbonyl (C=O) groups is 2. The zero-order valence-corrected chi connectivity index (χ0v) is 13.4. The van der Waals surface area contributed by atoms with Gasteiger partial charge >= 0.3 is 5.97 Å². The van der Waals surface area contributed by atoms with Crippen LogP contribution in [-0.2, 0) is 25.6 Å². The molecule has 0 saturated carbocycles. The van der Waals surface area contributed by atoms with Gasteiger partial charge in [0, 0.05) is 38.3 Å². The van der Waals surface area contributed by atoms with E-state index >= 15 is 0 Å². The summed E-state index contributed by atoms with van der Waals surface area (Å²) in [6.07, 6.45) is 0.242. The molecule has 23 heavy (non-hydrogen) atoms. The number of methoxy groups -OCH3 is 1. The van der Waals surface area contributed by atoms with E-state index in [0.717, 1.165) is 37.6 Å². The Balaban J connectivity index is 1.73. The lowest BCUT2D eigenvalue weighted by atomic mass is 10.1. The van der Waals surface area contributed by atoms with Crippen molar-refractivity contribution in [2.45, 2.75) is 13.0 Å². The van der Waals surface area contributed by atoms with Gasteiger partial charge in [-0.05, 0) is 11.6 Å². The minimum atomic E-state index is -0.344. The number of esters is 1. The van der Waals surface area contributed by atoms with E-state index < -0.39 is 0 Å². The summed E-state index contributed by atoms with van der Waals surface area (Å²) >= 11 is 0. The molecule has 2 aliphatic heterocycles. The average molecular weight is 318 g/mol. The Hall–Kier alpha value is -2.08. The molecule has 1 amide bonds. The van der Waals surface area contributed by atoms with Crippen LogP contribution in [0.25, 0.3) is 0 Å². The van der Waals surface area contributed by atoms with Gasteiger partial charge in [-0.3, -0.25) is 9.59 Å². The minimum absolute atomic E-state index is 0.0113. The van der Waals surface area contributed by atoms with Crippen LogP contribution in [0.2, 0.25) is 0 Å². The number of likely N-dealkylation sites (tertiary alicyclic amines) is 1. The fourth-order valence-electron chi connectivity index (χ4n) is 3.21. The number of para-hydroxylation sites is 1. The largest absolute Gasteiger partial charge is 0.469 e. The Morgan fingerprint density at radius 2 is 2.04 bits per heavy atom. The Kier molecular flexibility index (Phi) is 4.81. The van der Waals surface area contributed by atoms with Crippen molar-refractivity contribution in [2.75, 3.05) is 44.9 Å². The molecule has 1 aromatic rings. The van der Waals surface area contributed by atoms with Crippen molar-refractivity contribution in [3.05, 3.63) is 29.8 Å². The first-order valence-corrected chi connectivity index (χ1v) is 7.95. The standard InChI is InChI=1S/C17H22N2O4/c1-22-17(21)14-10-16(20)19(12-14)11-13-4-2-3-5-15(13)18-6-8-23-9-7-18/h2-5,14H,6-12H2,1H3. The third-order valence-corrected chi connectivity index (χ3v) is 4.45. The smallest absolute Gasteiger partial charge is 0.310 e. The Labute approximate surface area is 136 Å². The summed E-state index contributed by atoms with van der Waals surface area (Å²) in [5.41, 5.74) is 2.25. The van der Waals surface area contributed by atoms with Crippen LogP contribution < -0.4 is 4.90 Å². The highest BCUT2D eigenvalue weighted by molar-refractivity contribution is 5.86. The maximum absolute atomic E-state index is 12.2. The Morgan fingerprint density at radius 3 is 2.78 bits per heavy atom. The highest BCUT2D eigenvalue weighted by atomic mass is 16.5. The molecule has 1 unspecified atom stereocenters. The maximum atomic E-state index is 12.2. The SMILES string of the molecule is COC(=O)C1CC(=O)N(Cc2ccccc2N2CCOCC2)C1. The summed E-state index contributed by atoms with van der Waals surface area (Å²) in [5.74, 6) is -0.637. The van der Waals surface area contributed by atoms with Gasteiger partial charge in [-0.15, -0.1) is 0 Å². The second-order valence-electron chi connectivity index (χ2n) is 5.93. The van der Waals surface area contributed by atoms with E-state index in [0.29, 0.717) is 13.1 Å². The molecule has 2 heterocycles. The van der Waals surface area contributed by atoms with E-state index in [1.54, 1.807) is 4.90 Å². The highest BCUT2D eigenvalue weighted by Crippen LogP contribution is 2.26. The first kappa shape index (κ1) is 15.8. The Morgan fingerprint density at radius 1 is 1.30 bits per heavy atom. The monoisotopic (exact) mass is 318 g/mol. The van der Waals surface area contributed by atoms with Crippen molar-refractivity contribution in [3.8, 4) is 0 Å². The van der Waals surface area contributed by atoms with Crippen molar-refractivity contribution in [2.24, 2.45) is 5.92 Å². The number of anilines is 1.